The predicted molar refractivity (Wildman–Crippen MR) is 535 cm³/mol. The minimum absolute atomic E-state index is 0.102. The van der Waals surface area contributed by atoms with E-state index in [0.29, 0.717) is 115 Å². The van der Waals surface area contributed by atoms with Crippen LogP contribution in [0.15, 0.2) is 170 Å². The second-order valence-electron chi connectivity index (χ2n) is 34.6. The summed E-state index contributed by atoms with van der Waals surface area (Å²) in [4.78, 5) is 54.5. The molecule has 0 atom stereocenters. The average molecular weight is 2030 g/mol. The molecule has 139 heavy (non-hydrogen) atoms. The van der Waals surface area contributed by atoms with Crippen LogP contribution in [0.3, 0.4) is 0 Å². The van der Waals surface area contributed by atoms with Gasteiger partial charge in [0.15, 0.2) is 28.6 Å². The van der Waals surface area contributed by atoms with E-state index in [2.05, 4.69) is 98.6 Å². The summed E-state index contributed by atoms with van der Waals surface area (Å²) in [6.07, 6.45) is 21.7. The fourth-order valence-electron chi connectivity index (χ4n) is 18.1. The highest BCUT2D eigenvalue weighted by atomic mass is 35.5. The van der Waals surface area contributed by atoms with Crippen molar-refractivity contribution in [2.45, 2.75) is 180 Å². The molecule has 7 N–H and O–H groups in total. The van der Waals surface area contributed by atoms with Gasteiger partial charge in [0.2, 0.25) is 17.5 Å². The number of H-pyrrole nitrogens is 2. The third-order valence-corrected chi connectivity index (χ3v) is 27.3. The monoisotopic (exact) mass is 2020 g/mol. The number of carbonyl (C=O) groups excluding carboxylic acids is 4. The first kappa shape index (κ1) is 97.7. The van der Waals surface area contributed by atoms with Gasteiger partial charge in [0.25, 0.3) is 23.6 Å². The van der Waals surface area contributed by atoms with Crippen molar-refractivity contribution >= 4 is 116 Å². The molecule has 4 aliphatic carbocycles. The minimum atomic E-state index is -0.374. The van der Waals surface area contributed by atoms with E-state index in [9.17, 15) is 24.3 Å². The molecule has 0 saturated heterocycles. The van der Waals surface area contributed by atoms with Crippen LogP contribution in [0.4, 0.5) is 0 Å². The number of aryl methyl sites for hydroxylation is 2. The van der Waals surface area contributed by atoms with Gasteiger partial charge in [-0.25, -0.2) is 23.4 Å². The van der Waals surface area contributed by atoms with Crippen LogP contribution in [0.25, 0.3) is 113 Å². The van der Waals surface area contributed by atoms with Crippen molar-refractivity contribution < 1.29 is 24.3 Å². The smallest absolute Gasteiger partial charge is 0.272 e. The molecule has 0 bridgehead atoms. The molecule has 8 aromatic heterocycles. The number of aromatic amines is 2. The van der Waals surface area contributed by atoms with Gasteiger partial charge < -0.3 is 26.4 Å². The number of nitrogens with zero attached hydrogens (tertiary/aromatic N) is 22. The summed E-state index contributed by atoms with van der Waals surface area (Å²) in [5, 5.41) is 97.7. The Bertz CT molecular complexity index is 7060. The maximum atomic E-state index is 13.3. The number of hydrogen-bond acceptors (Lipinski definition) is 21. The number of tetrazole rings is 4. The molecule has 0 radical (unpaired) electrons. The van der Waals surface area contributed by atoms with Crippen LogP contribution in [-0.2, 0) is 20.7 Å². The van der Waals surface area contributed by atoms with Gasteiger partial charge in [-0.05, 0) is 171 Å². The normalized spacial score (nSPS) is 14.3. The van der Waals surface area contributed by atoms with Gasteiger partial charge >= 0.3 is 0 Å². The third kappa shape index (κ3) is 22.5. The number of aliphatic hydroxyl groups excluding tert-OH is 1. The maximum Gasteiger partial charge on any atom is 0.272 e. The number of amides is 4. The first-order valence-electron chi connectivity index (χ1n) is 45.8. The van der Waals surface area contributed by atoms with E-state index in [0.717, 1.165) is 181 Å². The molecular formula is C98H96Cl8N28O5. The van der Waals surface area contributed by atoms with Gasteiger partial charge in [-0.1, -0.05) is 267 Å². The fourth-order valence-corrected chi connectivity index (χ4v) is 20.0. The predicted octanol–water partition coefficient (Wildman–Crippen LogP) is 20.8. The molecule has 0 aliphatic heterocycles. The van der Waals surface area contributed by atoms with E-state index in [1.54, 1.807) is 104 Å². The number of carbonyl (C=O) groups is 4. The van der Waals surface area contributed by atoms with Crippen molar-refractivity contribution in [3.63, 3.8) is 0 Å². The van der Waals surface area contributed by atoms with Crippen molar-refractivity contribution in [1.29, 1.82) is 0 Å². The Morgan fingerprint density at radius 2 is 0.626 bits per heavy atom. The summed E-state index contributed by atoms with van der Waals surface area (Å²) in [6.45, 7) is 5.36. The minimum Gasteiger partial charge on any atom is -0.392 e. The van der Waals surface area contributed by atoms with Gasteiger partial charge in [-0.3, -0.25) is 19.2 Å². The molecule has 4 saturated carbocycles. The van der Waals surface area contributed by atoms with Gasteiger partial charge in [-0.2, -0.15) is 35.6 Å². The van der Waals surface area contributed by atoms with Gasteiger partial charge in [0.1, 0.15) is 0 Å². The number of aliphatic hydroxyl groups is 1. The number of halogens is 8. The Labute approximate surface area is 839 Å². The molecule has 20 rings (SSSR count). The summed E-state index contributed by atoms with van der Waals surface area (Å²) in [5.41, 5.74) is 16.1. The zero-order chi connectivity index (χ0) is 97.1. The van der Waals surface area contributed by atoms with E-state index in [-0.39, 0.29) is 60.1 Å². The SMILES string of the molecule is Cc1c(C(=O)NC2CCCCC2)nn(-c2ccc(Cl)cc2Cl)c1-c1ccc(-c2nn[nH]n2)cc1.Cc1c(C(=O)NC2CCCCC2)nn(-c2ccc(Cl)cc2Cl)c1-c1ccc(-c2nnn(C)n2)cc1.Cc1c(C(=O)NC2CCCCC2)nn(-c2ccc(Cl)cc2Cl)c1-c1ccc(-c2nnnn2C)cc1.O=C(NC1CCCCC1)c1nn(-c2ccc(Cl)cc2Cl)c(-c2ccc(-c3nn[nH]n3)cc2)c1CO. The standard InChI is InChI=1S/2C25H25Cl2N7O.C24H23Cl2N7O2.C24H23Cl2N7O/c1-15-22(25(35)28-19-6-4-3-5-7-19)30-34(21-13-12-18(26)14-20(21)27)23(15)16-8-10-17(11-9-16)24-29-31-32-33(24)2;1-15-22(25(35)28-19-6-4-3-5-7-19)30-34(21-13-12-18(26)14-20(21)27)23(15)16-8-10-17(11-9-16)24-29-32-33(2)31-24;25-16-10-11-20(19(26)12-16)33-22(14-6-8-15(9-7-14)23-28-31-32-29-23)18(13-34)21(30-33)24(35)27-17-4-2-1-3-5-17;1-14-21(24(34)27-18-5-3-2-4-6-18)30-33(20-12-11-17(25)13-19(20)26)22(14)15-7-9-16(10-8-15)23-28-31-32-29-23/h2*8-14,19H,3-7H2,1-2H3,(H,28,35);6-12,17,34H,1-5,13H2,(H,27,35)(H,28,29,31,32);7-13,18H,2-6H2,1H3,(H,27,34)(H,28,29,31,32). The van der Waals surface area contributed by atoms with E-state index < -0.39 is 0 Å². The number of benzene rings is 8. The maximum absolute atomic E-state index is 13.3. The van der Waals surface area contributed by atoms with E-state index in [1.165, 1.54) is 30.5 Å². The molecule has 0 spiro atoms. The molecule has 714 valence electrons. The van der Waals surface area contributed by atoms with Gasteiger partial charge in [0.05, 0.1) is 79.3 Å². The highest BCUT2D eigenvalue weighted by Crippen LogP contribution is 2.41. The summed E-state index contributed by atoms with van der Waals surface area (Å²) in [7, 11) is 3.52. The summed E-state index contributed by atoms with van der Waals surface area (Å²) >= 11 is 50.7. The lowest BCUT2D eigenvalue weighted by atomic mass is 9.95. The van der Waals surface area contributed by atoms with Crippen molar-refractivity contribution in [2.24, 2.45) is 14.1 Å². The first-order valence-corrected chi connectivity index (χ1v) is 48.8. The van der Waals surface area contributed by atoms with Crippen LogP contribution < -0.4 is 21.3 Å². The van der Waals surface area contributed by atoms with Crippen molar-refractivity contribution in [2.75, 3.05) is 0 Å². The fraction of sp³-hybridized carbons (Fsp3) is 0.306. The van der Waals surface area contributed by atoms with Crippen molar-refractivity contribution in [3.8, 4) is 113 Å². The quantitative estimate of drug-likeness (QED) is 0.0351. The lowest BCUT2D eigenvalue weighted by Crippen LogP contribution is -2.36. The Kier molecular flexibility index (Phi) is 31.2. The van der Waals surface area contributed by atoms with Crippen LogP contribution >= 0.6 is 92.8 Å². The van der Waals surface area contributed by atoms with E-state index in [4.69, 9.17) is 108 Å². The Balaban J connectivity index is 0.000000128. The van der Waals surface area contributed by atoms with E-state index in [1.807, 2.05) is 124 Å². The Morgan fingerprint density at radius 3 is 0.906 bits per heavy atom. The second kappa shape index (κ2) is 44.5. The number of nitrogens with one attached hydrogen (secondary N) is 6. The van der Waals surface area contributed by atoms with Gasteiger partial charge in [-0.15, -0.1) is 35.7 Å². The molecule has 33 nitrogen and oxygen atoms in total. The molecule has 4 amide bonds. The lowest BCUT2D eigenvalue weighted by Gasteiger charge is -2.22. The summed E-state index contributed by atoms with van der Waals surface area (Å²) in [5.74, 6) is 1.35. The largest absolute Gasteiger partial charge is 0.392 e. The Hall–Kier alpha value is -13.0. The average Bonchev–Trinajstić information content (AvgIpc) is 1.64. The molecule has 4 fully saturated rings. The van der Waals surface area contributed by atoms with Gasteiger partial charge in [0, 0.05) is 118 Å². The third-order valence-electron chi connectivity index (χ3n) is 25.2. The van der Waals surface area contributed by atoms with Crippen LogP contribution in [-0.4, -0.2) is 174 Å². The van der Waals surface area contributed by atoms with Crippen LogP contribution in [0.5, 0.6) is 0 Å². The Morgan fingerprint density at radius 1 is 0.338 bits per heavy atom. The zero-order valence-electron chi connectivity index (χ0n) is 76.3. The van der Waals surface area contributed by atoms with Crippen LogP contribution in [0, 0.1) is 20.8 Å². The molecular weight excluding hydrogens is 1930 g/mol. The second-order valence-corrected chi connectivity index (χ2v) is 37.9. The summed E-state index contributed by atoms with van der Waals surface area (Å²) < 4.78 is 8.37. The number of hydrogen-bond donors (Lipinski definition) is 7. The molecule has 8 aromatic carbocycles. The highest BCUT2D eigenvalue weighted by molar-refractivity contribution is 6.37. The first-order chi connectivity index (χ1) is 67.4. The molecule has 4 aliphatic rings. The highest BCUT2D eigenvalue weighted by Gasteiger charge is 2.33. The van der Waals surface area contributed by atoms with Crippen LogP contribution in [0.2, 0.25) is 40.2 Å². The molecule has 0 unspecified atom stereocenters. The van der Waals surface area contributed by atoms with Crippen molar-refractivity contribution in [3.05, 3.63) is 255 Å². The zero-order valence-corrected chi connectivity index (χ0v) is 82.3. The lowest BCUT2D eigenvalue weighted by molar-refractivity contribution is 0.0911. The van der Waals surface area contributed by atoms with E-state index >= 15 is 0 Å². The summed E-state index contributed by atoms with van der Waals surface area (Å²) in [6, 6.07) is 52.1. The molecule has 16 aromatic rings. The van der Waals surface area contributed by atoms with Crippen LogP contribution in [0.1, 0.15) is 193 Å². The topological polar surface area (TPSA) is 404 Å². The number of rotatable bonds is 21. The van der Waals surface area contributed by atoms with Crippen molar-refractivity contribution in [1.82, 2.24) is 142 Å². The number of aromatic nitrogens is 24. The molecule has 41 heteroatoms. The molecule has 8 heterocycles.